The second-order valence-electron chi connectivity index (χ2n) is 6.81. The van der Waals surface area contributed by atoms with E-state index in [1.165, 1.54) is 55.5 Å². The molecule has 1 amide bonds. The van der Waals surface area contributed by atoms with Crippen LogP contribution in [0.3, 0.4) is 0 Å². The first-order valence-corrected chi connectivity index (χ1v) is 12.1. The van der Waals surface area contributed by atoms with Crippen molar-refractivity contribution in [3.8, 4) is 0 Å². The van der Waals surface area contributed by atoms with Crippen LogP contribution < -0.4 is 14.8 Å². The van der Waals surface area contributed by atoms with Gasteiger partial charge in [-0.3, -0.25) is 14.2 Å². The quantitative estimate of drug-likeness (QED) is 0.499. The van der Waals surface area contributed by atoms with Gasteiger partial charge in [0.15, 0.2) is 0 Å². The fraction of sp³-hybridized carbons (Fsp3) is 0.0952. The SMILES string of the molecule is CC(=O)Nc1ccc(S(=O)(=O)Nc2ccc(S(=O)(=O)Nc3ccc(C)cc3)cc2)cc1. The molecule has 0 radical (unpaired) electrons. The Bertz CT molecular complexity index is 1280. The van der Waals surface area contributed by atoms with Crippen LogP contribution in [0, 0.1) is 6.92 Å². The number of amides is 1. The zero-order valence-electron chi connectivity index (χ0n) is 16.8. The monoisotopic (exact) mass is 459 g/mol. The number of hydrogen-bond acceptors (Lipinski definition) is 5. The summed E-state index contributed by atoms with van der Waals surface area (Å²) in [7, 11) is -7.70. The molecule has 31 heavy (non-hydrogen) atoms. The van der Waals surface area contributed by atoms with E-state index in [0.717, 1.165) is 5.56 Å². The number of nitrogens with one attached hydrogen (secondary N) is 3. The van der Waals surface area contributed by atoms with Gasteiger partial charge in [-0.1, -0.05) is 17.7 Å². The van der Waals surface area contributed by atoms with Gasteiger partial charge in [0, 0.05) is 24.0 Å². The van der Waals surface area contributed by atoms with Gasteiger partial charge < -0.3 is 5.32 Å². The molecule has 0 aliphatic heterocycles. The molecule has 3 aromatic rings. The van der Waals surface area contributed by atoms with Crippen molar-refractivity contribution < 1.29 is 21.6 Å². The first kappa shape index (κ1) is 22.3. The summed E-state index contributed by atoms with van der Waals surface area (Å²) >= 11 is 0. The highest BCUT2D eigenvalue weighted by Gasteiger charge is 2.17. The summed E-state index contributed by atoms with van der Waals surface area (Å²) in [6.45, 7) is 3.25. The lowest BCUT2D eigenvalue weighted by Crippen LogP contribution is -2.15. The molecule has 0 saturated heterocycles. The molecule has 3 rings (SSSR count). The average Bonchev–Trinajstić information content (AvgIpc) is 2.70. The maximum absolute atomic E-state index is 12.6. The van der Waals surface area contributed by atoms with Crippen molar-refractivity contribution in [2.75, 3.05) is 14.8 Å². The highest BCUT2D eigenvalue weighted by molar-refractivity contribution is 7.93. The van der Waals surface area contributed by atoms with Gasteiger partial charge in [0.05, 0.1) is 9.79 Å². The third-order valence-electron chi connectivity index (χ3n) is 4.21. The Morgan fingerprint density at radius 2 is 0.968 bits per heavy atom. The van der Waals surface area contributed by atoms with E-state index in [0.29, 0.717) is 11.4 Å². The molecule has 0 spiro atoms. The van der Waals surface area contributed by atoms with E-state index in [9.17, 15) is 21.6 Å². The van der Waals surface area contributed by atoms with Crippen molar-refractivity contribution in [2.24, 2.45) is 0 Å². The number of sulfonamides is 2. The van der Waals surface area contributed by atoms with Gasteiger partial charge in [0.1, 0.15) is 0 Å². The predicted molar refractivity (Wildman–Crippen MR) is 120 cm³/mol. The number of anilines is 3. The van der Waals surface area contributed by atoms with Gasteiger partial charge in [0.2, 0.25) is 5.91 Å². The topological polar surface area (TPSA) is 121 Å². The number of rotatable bonds is 7. The molecule has 0 heterocycles. The normalized spacial score (nSPS) is 11.5. The van der Waals surface area contributed by atoms with Crippen LogP contribution in [-0.2, 0) is 24.8 Å². The molecule has 0 aliphatic rings. The van der Waals surface area contributed by atoms with Gasteiger partial charge >= 0.3 is 0 Å². The van der Waals surface area contributed by atoms with Gasteiger partial charge in [-0.05, 0) is 67.6 Å². The van der Waals surface area contributed by atoms with Crippen LogP contribution in [0.15, 0.2) is 82.6 Å². The van der Waals surface area contributed by atoms with E-state index < -0.39 is 20.0 Å². The van der Waals surface area contributed by atoms with E-state index in [1.54, 1.807) is 24.3 Å². The maximum Gasteiger partial charge on any atom is 0.261 e. The lowest BCUT2D eigenvalue weighted by atomic mass is 10.2. The molecule has 0 saturated carbocycles. The number of hydrogen-bond donors (Lipinski definition) is 3. The van der Waals surface area contributed by atoms with Crippen LogP contribution in [0.2, 0.25) is 0 Å². The van der Waals surface area contributed by atoms with Crippen molar-refractivity contribution in [2.45, 2.75) is 23.6 Å². The number of carbonyl (C=O) groups excluding carboxylic acids is 1. The van der Waals surface area contributed by atoms with Crippen LogP contribution in [0.25, 0.3) is 0 Å². The Kier molecular flexibility index (Phi) is 6.32. The Balaban J connectivity index is 1.73. The first-order chi connectivity index (χ1) is 14.5. The second-order valence-corrected chi connectivity index (χ2v) is 10.2. The third-order valence-corrected chi connectivity index (χ3v) is 7.00. The fourth-order valence-electron chi connectivity index (χ4n) is 2.67. The Hall–Kier alpha value is -3.37. The van der Waals surface area contributed by atoms with Crippen molar-refractivity contribution in [1.82, 2.24) is 0 Å². The largest absolute Gasteiger partial charge is 0.326 e. The molecular formula is C21H21N3O5S2. The highest BCUT2D eigenvalue weighted by Crippen LogP contribution is 2.21. The summed E-state index contributed by atoms with van der Waals surface area (Å²) in [5, 5.41) is 2.56. The van der Waals surface area contributed by atoms with E-state index in [-0.39, 0.29) is 21.4 Å². The van der Waals surface area contributed by atoms with Crippen LogP contribution in [0.4, 0.5) is 17.1 Å². The molecule has 162 valence electrons. The summed E-state index contributed by atoms with van der Waals surface area (Å²) in [5.74, 6) is -0.263. The summed E-state index contributed by atoms with van der Waals surface area (Å²) in [6.07, 6.45) is 0. The van der Waals surface area contributed by atoms with E-state index in [2.05, 4.69) is 14.8 Å². The van der Waals surface area contributed by atoms with Crippen molar-refractivity contribution in [3.05, 3.63) is 78.4 Å². The van der Waals surface area contributed by atoms with Crippen molar-refractivity contribution in [1.29, 1.82) is 0 Å². The number of carbonyl (C=O) groups is 1. The predicted octanol–water partition coefficient (Wildman–Crippen LogP) is 3.56. The smallest absolute Gasteiger partial charge is 0.261 e. The van der Waals surface area contributed by atoms with E-state index in [4.69, 9.17) is 0 Å². The molecule has 3 N–H and O–H groups in total. The minimum absolute atomic E-state index is 0.000613. The van der Waals surface area contributed by atoms with Gasteiger partial charge in [-0.25, -0.2) is 16.8 Å². The van der Waals surface area contributed by atoms with Crippen molar-refractivity contribution in [3.63, 3.8) is 0 Å². The molecule has 0 atom stereocenters. The van der Waals surface area contributed by atoms with E-state index in [1.807, 2.05) is 6.92 Å². The molecule has 3 aromatic carbocycles. The van der Waals surface area contributed by atoms with E-state index >= 15 is 0 Å². The number of benzene rings is 3. The molecule has 0 aliphatic carbocycles. The van der Waals surface area contributed by atoms with Gasteiger partial charge in [0.25, 0.3) is 20.0 Å². The zero-order chi connectivity index (χ0) is 22.6. The standard InChI is InChI=1S/C21H21N3O5S2/c1-15-3-5-18(6-4-15)23-31(28,29)21-13-9-19(10-14-21)24-30(26,27)20-11-7-17(8-12-20)22-16(2)25/h3-14,23-24H,1-2H3,(H,22,25). The molecular weight excluding hydrogens is 438 g/mol. The van der Waals surface area contributed by atoms with Crippen molar-refractivity contribution >= 4 is 43.0 Å². The molecule has 0 unspecified atom stereocenters. The first-order valence-electron chi connectivity index (χ1n) is 9.15. The lowest BCUT2D eigenvalue weighted by molar-refractivity contribution is -0.114. The zero-order valence-corrected chi connectivity index (χ0v) is 18.4. The van der Waals surface area contributed by atoms with Crippen LogP contribution in [0.5, 0.6) is 0 Å². The van der Waals surface area contributed by atoms with Crippen LogP contribution in [-0.4, -0.2) is 22.7 Å². The highest BCUT2D eigenvalue weighted by atomic mass is 32.2. The maximum atomic E-state index is 12.6. The summed E-state index contributed by atoms with van der Waals surface area (Å²) in [4.78, 5) is 11.1. The summed E-state index contributed by atoms with van der Waals surface area (Å²) in [6, 6.07) is 17.9. The number of aryl methyl sites for hydroxylation is 1. The minimum Gasteiger partial charge on any atom is -0.326 e. The molecule has 0 bridgehead atoms. The minimum atomic E-state index is -3.89. The third kappa shape index (κ3) is 5.83. The fourth-order valence-corrected chi connectivity index (χ4v) is 4.79. The Labute approximate surface area is 181 Å². The summed E-state index contributed by atoms with van der Waals surface area (Å²) in [5.41, 5.74) is 2.12. The molecule has 0 aromatic heterocycles. The van der Waals surface area contributed by atoms with Gasteiger partial charge in [-0.15, -0.1) is 0 Å². The molecule has 8 nitrogen and oxygen atoms in total. The molecule has 0 fully saturated rings. The molecule has 10 heteroatoms. The van der Waals surface area contributed by atoms with Crippen LogP contribution >= 0.6 is 0 Å². The lowest BCUT2D eigenvalue weighted by Gasteiger charge is -2.11. The average molecular weight is 460 g/mol. The van der Waals surface area contributed by atoms with Gasteiger partial charge in [-0.2, -0.15) is 0 Å². The second kappa shape index (κ2) is 8.78. The summed E-state index contributed by atoms with van der Waals surface area (Å²) < 4.78 is 55.1. The van der Waals surface area contributed by atoms with Crippen LogP contribution in [0.1, 0.15) is 12.5 Å². The Morgan fingerprint density at radius 3 is 1.35 bits per heavy atom. The Morgan fingerprint density at radius 1 is 0.613 bits per heavy atom.